The maximum atomic E-state index is 5.05. The van der Waals surface area contributed by atoms with Crippen LogP contribution in [0.2, 0.25) is 0 Å². The lowest BCUT2D eigenvalue weighted by molar-refractivity contribution is 0.151. The van der Waals surface area contributed by atoms with E-state index in [9.17, 15) is 0 Å². The van der Waals surface area contributed by atoms with Gasteiger partial charge in [0.05, 0.1) is 6.61 Å². The summed E-state index contributed by atoms with van der Waals surface area (Å²) in [5, 5.41) is 3.52. The molecule has 0 amide bonds. The lowest BCUT2D eigenvalue weighted by atomic mass is 10.4. The molecule has 0 aromatic rings. The molecule has 0 aromatic heterocycles. The molecule has 0 aromatic carbocycles. The number of hydrogen-bond donors (Lipinski definition) is 1. The average molecular weight is 186 g/mol. The van der Waals surface area contributed by atoms with Crippen LogP contribution in [0.3, 0.4) is 0 Å². The van der Waals surface area contributed by atoms with Crippen molar-refractivity contribution in [3.05, 3.63) is 0 Å². The standard InChI is InChI=1S/C10H22N2O/c1-3-12(8-9-13-2)7-6-11-10-4-5-10/h10-11H,3-9H2,1-2H3. The van der Waals surface area contributed by atoms with Gasteiger partial charge in [0.15, 0.2) is 0 Å². The molecular formula is C10H22N2O. The van der Waals surface area contributed by atoms with Crippen LogP contribution < -0.4 is 5.32 Å². The van der Waals surface area contributed by atoms with Crippen molar-refractivity contribution < 1.29 is 4.74 Å². The molecule has 0 heterocycles. The average Bonchev–Trinajstić information content (AvgIpc) is 2.94. The Balaban J connectivity index is 1.93. The Kier molecular flexibility index (Phi) is 5.35. The molecule has 3 heteroatoms. The number of nitrogens with zero attached hydrogens (tertiary/aromatic N) is 1. The zero-order chi connectivity index (χ0) is 9.52. The number of hydrogen-bond acceptors (Lipinski definition) is 3. The topological polar surface area (TPSA) is 24.5 Å². The number of ether oxygens (including phenoxy) is 1. The molecule has 0 spiro atoms. The summed E-state index contributed by atoms with van der Waals surface area (Å²) in [5.41, 5.74) is 0. The second-order valence-corrected chi connectivity index (χ2v) is 3.66. The summed E-state index contributed by atoms with van der Waals surface area (Å²) in [5.74, 6) is 0. The van der Waals surface area contributed by atoms with Crippen molar-refractivity contribution in [3.63, 3.8) is 0 Å². The smallest absolute Gasteiger partial charge is 0.0589 e. The highest BCUT2D eigenvalue weighted by molar-refractivity contribution is 4.80. The van der Waals surface area contributed by atoms with Crippen molar-refractivity contribution in [2.75, 3.05) is 39.9 Å². The molecule has 13 heavy (non-hydrogen) atoms. The van der Waals surface area contributed by atoms with Crippen molar-refractivity contribution in [2.45, 2.75) is 25.8 Å². The van der Waals surface area contributed by atoms with Crippen molar-refractivity contribution in [1.82, 2.24) is 10.2 Å². The van der Waals surface area contributed by atoms with Gasteiger partial charge in [-0.2, -0.15) is 0 Å². The van der Waals surface area contributed by atoms with E-state index >= 15 is 0 Å². The molecule has 1 rings (SSSR count). The molecule has 0 radical (unpaired) electrons. The van der Waals surface area contributed by atoms with Crippen LogP contribution in [0.1, 0.15) is 19.8 Å². The SMILES string of the molecule is CCN(CCNC1CC1)CCOC. The van der Waals surface area contributed by atoms with Crippen molar-refractivity contribution >= 4 is 0 Å². The van der Waals surface area contributed by atoms with E-state index in [1.807, 2.05) is 0 Å². The van der Waals surface area contributed by atoms with Gasteiger partial charge in [-0.3, -0.25) is 0 Å². The van der Waals surface area contributed by atoms with Gasteiger partial charge in [0.25, 0.3) is 0 Å². The summed E-state index contributed by atoms with van der Waals surface area (Å²) in [6.45, 7) is 7.50. The van der Waals surface area contributed by atoms with Gasteiger partial charge in [-0.05, 0) is 19.4 Å². The van der Waals surface area contributed by atoms with Gasteiger partial charge in [0.1, 0.15) is 0 Å². The van der Waals surface area contributed by atoms with E-state index in [1.54, 1.807) is 7.11 Å². The normalized spacial score (nSPS) is 16.8. The van der Waals surface area contributed by atoms with Gasteiger partial charge in [-0.15, -0.1) is 0 Å². The molecule has 3 nitrogen and oxygen atoms in total. The largest absolute Gasteiger partial charge is 0.383 e. The van der Waals surface area contributed by atoms with Crippen LogP contribution in [-0.2, 0) is 4.74 Å². The summed E-state index contributed by atoms with van der Waals surface area (Å²) in [6, 6.07) is 0.834. The first-order valence-electron chi connectivity index (χ1n) is 5.31. The second kappa shape index (κ2) is 6.35. The fourth-order valence-electron chi connectivity index (χ4n) is 1.36. The Morgan fingerprint density at radius 2 is 2.15 bits per heavy atom. The molecule has 0 atom stereocenters. The van der Waals surface area contributed by atoms with Crippen LogP contribution in [0.4, 0.5) is 0 Å². The third-order valence-electron chi connectivity index (χ3n) is 2.50. The van der Waals surface area contributed by atoms with Gasteiger partial charge in [0.2, 0.25) is 0 Å². The highest BCUT2D eigenvalue weighted by atomic mass is 16.5. The van der Waals surface area contributed by atoms with Crippen LogP contribution in [0.15, 0.2) is 0 Å². The fourth-order valence-corrected chi connectivity index (χ4v) is 1.36. The number of nitrogens with one attached hydrogen (secondary N) is 1. The van der Waals surface area contributed by atoms with Crippen LogP contribution in [-0.4, -0.2) is 50.8 Å². The van der Waals surface area contributed by atoms with Gasteiger partial charge >= 0.3 is 0 Å². The minimum Gasteiger partial charge on any atom is -0.383 e. The predicted molar refractivity (Wildman–Crippen MR) is 55.0 cm³/mol. The van der Waals surface area contributed by atoms with Crippen molar-refractivity contribution in [3.8, 4) is 0 Å². The summed E-state index contributed by atoms with van der Waals surface area (Å²) >= 11 is 0. The summed E-state index contributed by atoms with van der Waals surface area (Å²) in [7, 11) is 1.76. The molecule has 1 aliphatic rings. The molecule has 0 bridgehead atoms. The van der Waals surface area contributed by atoms with E-state index in [4.69, 9.17) is 4.74 Å². The predicted octanol–water partition coefficient (Wildman–Crippen LogP) is 0.707. The quantitative estimate of drug-likeness (QED) is 0.604. The molecule has 1 saturated carbocycles. The highest BCUT2D eigenvalue weighted by Crippen LogP contribution is 2.17. The Hall–Kier alpha value is -0.120. The van der Waals surface area contributed by atoms with Gasteiger partial charge in [-0.1, -0.05) is 6.92 Å². The zero-order valence-corrected chi connectivity index (χ0v) is 8.88. The van der Waals surface area contributed by atoms with E-state index in [1.165, 1.54) is 12.8 Å². The van der Waals surface area contributed by atoms with Crippen molar-refractivity contribution in [1.29, 1.82) is 0 Å². The van der Waals surface area contributed by atoms with E-state index < -0.39 is 0 Å². The first kappa shape index (κ1) is 11.0. The first-order valence-corrected chi connectivity index (χ1v) is 5.31. The monoisotopic (exact) mass is 186 g/mol. The summed E-state index contributed by atoms with van der Waals surface area (Å²) < 4.78 is 5.05. The third-order valence-corrected chi connectivity index (χ3v) is 2.50. The Bertz CT molecular complexity index is 126. The molecule has 78 valence electrons. The van der Waals surface area contributed by atoms with Crippen LogP contribution in [0, 0.1) is 0 Å². The van der Waals surface area contributed by atoms with Gasteiger partial charge in [-0.25, -0.2) is 0 Å². The molecular weight excluding hydrogens is 164 g/mol. The lowest BCUT2D eigenvalue weighted by Gasteiger charge is -2.19. The highest BCUT2D eigenvalue weighted by Gasteiger charge is 2.19. The van der Waals surface area contributed by atoms with E-state index in [0.717, 1.165) is 38.8 Å². The third kappa shape index (κ3) is 5.24. The minimum absolute atomic E-state index is 0.834. The van der Waals surface area contributed by atoms with Crippen LogP contribution >= 0.6 is 0 Å². The number of likely N-dealkylation sites (N-methyl/N-ethyl adjacent to an activating group) is 1. The summed E-state index contributed by atoms with van der Waals surface area (Å²) in [4.78, 5) is 2.42. The zero-order valence-electron chi connectivity index (χ0n) is 8.88. The first-order chi connectivity index (χ1) is 6.36. The maximum absolute atomic E-state index is 5.05. The molecule has 1 aliphatic carbocycles. The summed E-state index contributed by atoms with van der Waals surface area (Å²) in [6.07, 6.45) is 2.76. The number of rotatable bonds is 8. The molecule has 0 unspecified atom stereocenters. The van der Waals surface area contributed by atoms with Crippen LogP contribution in [0.5, 0.6) is 0 Å². The Labute approximate surface area is 81.4 Å². The van der Waals surface area contributed by atoms with Gasteiger partial charge < -0.3 is 15.0 Å². The molecule has 1 N–H and O–H groups in total. The van der Waals surface area contributed by atoms with Crippen LogP contribution in [0.25, 0.3) is 0 Å². The molecule has 0 saturated heterocycles. The Morgan fingerprint density at radius 1 is 1.38 bits per heavy atom. The lowest BCUT2D eigenvalue weighted by Crippen LogP contribution is -2.34. The van der Waals surface area contributed by atoms with Gasteiger partial charge in [0, 0.05) is 32.8 Å². The maximum Gasteiger partial charge on any atom is 0.0589 e. The number of methoxy groups -OCH3 is 1. The fraction of sp³-hybridized carbons (Fsp3) is 1.00. The van der Waals surface area contributed by atoms with Crippen molar-refractivity contribution in [2.24, 2.45) is 0 Å². The molecule has 0 aliphatic heterocycles. The molecule has 1 fully saturated rings. The minimum atomic E-state index is 0.834. The van der Waals surface area contributed by atoms with E-state index in [0.29, 0.717) is 0 Å². The second-order valence-electron chi connectivity index (χ2n) is 3.66. The Morgan fingerprint density at radius 3 is 2.69 bits per heavy atom. The van der Waals surface area contributed by atoms with E-state index in [-0.39, 0.29) is 0 Å². The van der Waals surface area contributed by atoms with E-state index in [2.05, 4.69) is 17.1 Å².